The van der Waals surface area contributed by atoms with Gasteiger partial charge in [0.1, 0.15) is 11.6 Å². The summed E-state index contributed by atoms with van der Waals surface area (Å²) < 4.78 is 34.5. The number of aliphatic hydroxyl groups is 1. The van der Waals surface area contributed by atoms with Crippen molar-refractivity contribution in [2.45, 2.75) is 18.4 Å². The number of aromatic nitrogens is 2. The lowest BCUT2D eigenvalue weighted by Gasteiger charge is -2.36. The highest BCUT2D eigenvalue weighted by molar-refractivity contribution is 5.95. The van der Waals surface area contributed by atoms with E-state index < -0.39 is 23.1 Å². The van der Waals surface area contributed by atoms with Gasteiger partial charge in [-0.2, -0.15) is 0 Å². The third-order valence-corrected chi connectivity index (χ3v) is 5.07. The number of rotatable bonds is 4. The molecule has 1 saturated heterocycles. The number of nitrogens with zero attached hydrogens (tertiary/aromatic N) is 2. The first kappa shape index (κ1) is 18.5. The lowest BCUT2D eigenvalue weighted by molar-refractivity contribution is 0.0123. The fourth-order valence-corrected chi connectivity index (χ4v) is 3.46. The van der Waals surface area contributed by atoms with Gasteiger partial charge >= 0.3 is 0 Å². The van der Waals surface area contributed by atoms with Gasteiger partial charge in [0.25, 0.3) is 5.91 Å². The average molecular weight is 387 g/mol. The molecule has 1 amide bonds. The summed E-state index contributed by atoms with van der Waals surface area (Å²) in [6, 6.07) is 8.42. The Bertz CT molecular complexity index is 1030. The molecule has 0 atom stereocenters. The van der Waals surface area contributed by atoms with Crippen LogP contribution in [-0.4, -0.2) is 45.8 Å². The number of carbonyl (C=O) groups excluding carboxylic acids is 1. The molecule has 0 bridgehead atoms. The molecule has 0 spiro atoms. The molecule has 146 valence electrons. The Hall–Kier alpha value is -2.84. The van der Waals surface area contributed by atoms with Crippen molar-refractivity contribution in [1.29, 1.82) is 0 Å². The number of benzene rings is 1. The SMILES string of the molecule is O=C(NC1(CO)CCOCC1)c1nc(-c2ccc(F)cc2F)c2ccccn12. The fraction of sp³-hybridized carbons (Fsp3) is 0.300. The number of hydrogen-bond acceptors (Lipinski definition) is 4. The van der Waals surface area contributed by atoms with Crippen molar-refractivity contribution >= 4 is 11.4 Å². The zero-order chi connectivity index (χ0) is 19.7. The van der Waals surface area contributed by atoms with Crippen molar-refractivity contribution in [3.8, 4) is 11.3 Å². The van der Waals surface area contributed by atoms with E-state index in [4.69, 9.17) is 4.74 Å². The normalized spacial score (nSPS) is 16.2. The Morgan fingerprint density at radius 2 is 2.04 bits per heavy atom. The molecular weight excluding hydrogens is 368 g/mol. The molecule has 1 fully saturated rings. The van der Waals surface area contributed by atoms with Gasteiger partial charge in [0.15, 0.2) is 0 Å². The van der Waals surface area contributed by atoms with Crippen LogP contribution < -0.4 is 5.32 Å². The van der Waals surface area contributed by atoms with Gasteiger partial charge in [-0.05, 0) is 37.1 Å². The van der Waals surface area contributed by atoms with Crippen LogP contribution in [0, 0.1) is 11.6 Å². The molecule has 0 aliphatic carbocycles. The molecule has 8 heteroatoms. The highest BCUT2D eigenvalue weighted by atomic mass is 19.1. The molecule has 2 N–H and O–H groups in total. The molecule has 0 radical (unpaired) electrons. The standard InChI is InChI=1S/C20H19F2N3O3/c21-13-4-5-14(15(22)11-13)17-16-3-1-2-8-25(16)18(23-17)19(27)24-20(12-26)6-9-28-10-7-20/h1-5,8,11,26H,6-7,9-10,12H2,(H,24,27). The first-order valence-corrected chi connectivity index (χ1v) is 8.97. The van der Waals surface area contributed by atoms with E-state index in [0.29, 0.717) is 31.6 Å². The largest absolute Gasteiger partial charge is 0.394 e. The second-order valence-corrected chi connectivity index (χ2v) is 6.87. The number of aliphatic hydroxyl groups excluding tert-OH is 1. The molecule has 2 aromatic heterocycles. The molecule has 3 aromatic rings. The molecule has 3 heterocycles. The topological polar surface area (TPSA) is 75.9 Å². The van der Waals surface area contributed by atoms with Crippen LogP contribution in [0.25, 0.3) is 16.8 Å². The molecule has 0 saturated carbocycles. The van der Waals surface area contributed by atoms with Crippen LogP contribution in [0.5, 0.6) is 0 Å². The maximum Gasteiger partial charge on any atom is 0.288 e. The number of ether oxygens (including phenoxy) is 1. The molecule has 6 nitrogen and oxygen atoms in total. The lowest BCUT2D eigenvalue weighted by atomic mass is 9.91. The molecule has 1 aliphatic rings. The second-order valence-electron chi connectivity index (χ2n) is 6.87. The smallest absolute Gasteiger partial charge is 0.288 e. The molecule has 1 aromatic carbocycles. The zero-order valence-corrected chi connectivity index (χ0v) is 15.0. The summed E-state index contributed by atoms with van der Waals surface area (Å²) >= 11 is 0. The number of fused-ring (bicyclic) bond motifs is 1. The first-order valence-electron chi connectivity index (χ1n) is 8.97. The van der Waals surface area contributed by atoms with Crippen molar-refractivity contribution in [2.24, 2.45) is 0 Å². The van der Waals surface area contributed by atoms with E-state index in [1.54, 1.807) is 28.8 Å². The Kier molecular flexibility index (Phi) is 4.82. The quantitative estimate of drug-likeness (QED) is 0.722. The van der Waals surface area contributed by atoms with Crippen LogP contribution in [0.3, 0.4) is 0 Å². The van der Waals surface area contributed by atoms with E-state index in [2.05, 4.69) is 10.3 Å². The van der Waals surface area contributed by atoms with Crippen molar-refractivity contribution in [1.82, 2.24) is 14.7 Å². The number of carbonyl (C=O) groups is 1. The third kappa shape index (κ3) is 3.25. The lowest BCUT2D eigenvalue weighted by Crippen LogP contribution is -2.54. The molecule has 1 aliphatic heterocycles. The summed E-state index contributed by atoms with van der Waals surface area (Å²) in [5.41, 5.74) is 0.0839. The van der Waals surface area contributed by atoms with Gasteiger partial charge in [0.05, 0.1) is 23.4 Å². The summed E-state index contributed by atoms with van der Waals surface area (Å²) in [6.45, 7) is 0.662. The van der Waals surface area contributed by atoms with E-state index >= 15 is 0 Å². The minimum atomic E-state index is -0.781. The van der Waals surface area contributed by atoms with Gasteiger partial charge in [-0.1, -0.05) is 6.07 Å². The van der Waals surface area contributed by atoms with Gasteiger partial charge < -0.3 is 15.2 Å². The summed E-state index contributed by atoms with van der Waals surface area (Å²) in [6.07, 6.45) is 2.62. The van der Waals surface area contributed by atoms with Crippen molar-refractivity contribution < 1.29 is 23.4 Å². The van der Waals surface area contributed by atoms with Crippen molar-refractivity contribution in [2.75, 3.05) is 19.8 Å². The van der Waals surface area contributed by atoms with Gasteiger partial charge in [0.2, 0.25) is 5.82 Å². The number of halogens is 2. The van der Waals surface area contributed by atoms with Crippen molar-refractivity contribution in [3.05, 3.63) is 60.1 Å². The van der Waals surface area contributed by atoms with Crippen LogP contribution in [0.4, 0.5) is 8.78 Å². The number of imidazole rings is 1. The van der Waals surface area contributed by atoms with Gasteiger partial charge in [-0.15, -0.1) is 0 Å². The van der Waals surface area contributed by atoms with Crippen LogP contribution in [-0.2, 0) is 4.74 Å². The zero-order valence-electron chi connectivity index (χ0n) is 15.0. The Morgan fingerprint density at radius 1 is 1.25 bits per heavy atom. The minimum absolute atomic E-state index is 0.0636. The predicted octanol–water partition coefficient (Wildman–Crippen LogP) is 2.55. The monoisotopic (exact) mass is 387 g/mol. The summed E-state index contributed by atoms with van der Waals surface area (Å²) in [5, 5.41) is 12.7. The summed E-state index contributed by atoms with van der Waals surface area (Å²) in [5.74, 6) is -1.86. The maximum atomic E-state index is 14.3. The van der Waals surface area contributed by atoms with E-state index in [1.807, 2.05) is 0 Å². The van der Waals surface area contributed by atoms with E-state index in [9.17, 15) is 18.7 Å². The highest BCUT2D eigenvalue weighted by Crippen LogP contribution is 2.28. The Morgan fingerprint density at radius 3 is 2.75 bits per heavy atom. The molecular formula is C20H19F2N3O3. The second kappa shape index (κ2) is 7.29. The first-order chi connectivity index (χ1) is 13.5. The number of nitrogens with one attached hydrogen (secondary N) is 1. The van der Waals surface area contributed by atoms with Crippen LogP contribution >= 0.6 is 0 Å². The number of amides is 1. The van der Waals surface area contributed by atoms with Gasteiger partial charge in [-0.25, -0.2) is 13.8 Å². The highest BCUT2D eigenvalue weighted by Gasteiger charge is 2.35. The number of pyridine rings is 1. The van der Waals surface area contributed by atoms with Gasteiger partial charge in [0, 0.05) is 31.0 Å². The van der Waals surface area contributed by atoms with E-state index in [1.165, 1.54) is 6.07 Å². The van der Waals surface area contributed by atoms with Crippen LogP contribution in [0.2, 0.25) is 0 Å². The fourth-order valence-electron chi connectivity index (χ4n) is 3.46. The summed E-state index contributed by atoms with van der Waals surface area (Å²) in [7, 11) is 0. The average Bonchev–Trinajstić information content (AvgIpc) is 3.08. The molecule has 0 unspecified atom stereocenters. The maximum absolute atomic E-state index is 14.3. The van der Waals surface area contributed by atoms with E-state index in [-0.39, 0.29) is 23.7 Å². The third-order valence-electron chi connectivity index (χ3n) is 5.07. The van der Waals surface area contributed by atoms with Crippen LogP contribution in [0.15, 0.2) is 42.6 Å². The van der Waals surface area contributed by atoms with Crippen molar-refractivity contribution in [3.63, 3.8) is 0 Å². The van der Waals surface area contributed by atoms with E-state index in [0.717, 1.165) is 12.1 Å². The Labute approximate surface area is 159 Å². The number of hydrogen-bond donors (Lipinski definition) is 2. The predicted molar refractivity (Wildman–Crippen MR) is 97.9 cm³/mol. The molecule has 28 heavy (non-hydrogen) atoms. The van der Waals surface area contributed by atoms with Crippen LogP contribution in [0.1, 0.15) is 23.5 Å². The Balaban J connectivity index is 1.77. The molecule has 4 rings (SSSR count). The summed E-state index contributed by atoms with van der Waals surface area (Å²) in [4.78, 5) is 17.3. The van der Waals surface area contributed by atoms with Gasteiger partial charge in [-0.3, -0.25) is 9.20 Å². The minimum Gasteiger partial charge on any atom is -0.394 e.